The van der Waals surface area contributed by atoms with Crippen molar-refractivity contribution in [2.75, 3.05) is 31.6 Å². The maximum absolute atomic E-state index is 9.60. The third kappa shape index (κ3) is 4.70. The van der Waals surface area contributed by atoms with Crippen LogP contribution in [0.25, 0.3) is 0 Å². The van der Waals surface area contributed by atoms with E-state index in [1.54, 1.807) is 0 Å². The van der Waals surface area contributed by atoms with Gasteiger partial charge < -0.3 is 10.0 Å². The van der Waals surface area contributed by atoms with Crippen LogP contribution in [0.5, 0.6) is 0 Å². The molecule has 2 fully saturated rings. The number of nitrogens with zero attached hydrogens (tertiary/aromatic N) is 4. The first-order valence-electron chi connectivity index (χ1n) is 10.6. The molecule has 1 aliphatic carbocycles. The Bertz CT molecular complexity index is 767. The molecule has 1 aromatic carbocycles. The van der Waals surface area contributed by atoms with E-state index in [1.807, 2.05) is 6.92 Å². The van der Waals surface area contributed by atoms with Gasteiger partial charge in [0.25, 0.3) is 0 Å². The first-order valence-corrected chi connectivity index (χ1v) is 10.6. The van der Waals surface area contributed by atoms with Crippen molar-refractivity contribution >= 4 is 5.82 Å². The zero-order chi connectivity index (χ0) is 19.5. The molecule has 1 aromatic heterocycles. The summed E-state index contributed by atoms with van der Waals surface area (Å²) in [5, 5.41) is 9.60. The normalized spacial score (nSPS) is 23.4. The lowest BCUT2D eigenvalue weighted by Gasteiger charge is -2.35. The van der Waals surface area contributed by atoms with Crippen LogP contribution in [0.1, 0.15) is 48.7 Å². The third-order valence-corrected chi connectivity index (χ3v) is 6.26. The number of aliphatic hydroxyl groups is 1. The summed E-state index contributed by atoms with van der Waals surface area (Å²) >= 11 is 0. The van der Waals surface area contributed by atoms with Crippen molar-refractivity contribution in [3.05, 3.63) is 53.5 Å². The molecule has 2 aliphatic rings. The second-order valence-electron chi connectivity index (χ2n) is 8.61. The quantitative estimate of drug-likeness (QED) is 0.833. The summed E-state index contributed by atoms with van der Waals surface area (Å²) in [6.45, 7) is 6.41. The van der Waals surface area contributed by atoms with Crippen LogP contribution in [0.4, 0.5) is 5.82 Å². The molecule has 0 spiro atoms. The van der Waals surface area contributed by atoms with Crippen LogP contribution in [0.3, 0.4) is 0 Å². The molecule has 0 unspecified atom stereocenters. The molecule has 0 atom stereocenters. The number of aromatic nitrogens is 2. The second kappa shape index (κ2) is 8.58. The molecule has 1 saturated heterocycles. The molecule has 2 heterocycles. The lowest BCUT2D eigenvalue weighted by atomic mass is 9.80. The number of hydrogen-bond donors (Lipinski definition) is 1. The fraction of sp³-hybridized carbons (Fsp3) is 0.565. The van der Waals surface area contributed by atoms with Gasteiger partial charge in [-0.1, -0.05) is 30.3 Å². The zero-order valence-electron chi connectivity index (χ0n) is 17.1. The van der Waals surface area contributed by atoms with Crippen LogP contribution in [-0.4, -0.2) is 52.8 Å². The Morgan fingerprint density at radius 1 is 1.11 bits per heavy atom. The molecule has 0 bridgehead atoms. The van der Waals surface area contributed by atoms with Crippen molar-refractivity contribution in [3.63, 3.8) is 0 Å². The molecule has 1 aliphatic heterocycles. The van der Waals surface area contributed by atoms with Gasteiger partial charge >= 0.3 is 0 Å². The Kier molecular flexibility index (Phi) is 5.93. The van der Waals surface area contributed by atoms with Crippen molar-refractivity contribution in [1.29, 1.82) is 0 Å². The van der Waals surface area contributed by atoms with Gasteiger partial charge in [0.2, 0.25) is 0 Å². The second-order valence-corrected chi connectivity index (χ2v) is 8.61. The molecule has 4 rings (SSSR count). The fourth-order valence-electron chi connectivity index (χ4n) is 4.46. The van der Waals surface area contributed by atoms with E-state index in [4.69, 9.17) is 0 Å². The molecule has 5 heteroatoms. The van der Waals surface area contributed by atoms with Gasteiger partial charge in [0.05, 0.1) is 6.10 Å². The molecule has 0 amide bonds. The summed E-state index contributed by atoms with van der Waals surface area (Å²) < 4.78 is 0. The predicted octanol–water partition coefficient (Wildman–Crippen LogP) is 3.37. The van der Waals surface area contributed by atoms with Gasteiger partial charge in [0, 0.05) is 37.8 Å². The van der Waals surface area contributed by atoms with Crippen LogP contribution in [-0.2, 0) is 6.54 Å². The summed E-state index contributed by atoms with van der Waals surface area (Å²) in [5.74, 6) is 2.96. The molecule has 5 nitrogen and oxygen atoms in total. The van der Waals surface area contributed by atoms with Crippen LogP contribution >= 0.6 is 0 Å². The minimum Gasteiger partial charge on any atom is -0.393 e. The van der Waals surface area contributed by atoms with Gasteiger partial charge in [-0.2, -0.15) is 0 Å². The van der Waals surface area contributed by atoms with Crippen molar-refractivity contribution in [3.8, 4) is 0 Å². The van der Waals surface area contributed by atoms with Gasteiger partial charge in [0.1, 0.15) is 11.6 Å². The highest BCUT2D eigenvalue weighted by Crippen LogP contribution is 2.36. The lowest BCUT2D eigenvalue weighted by Crippen LogP contribution is -2.37. The van der Waals surface area contributed by atoms with Gasteiger partial charge in [-0.25, -0.2) is 9.97 Å². The first-order chi connectivity index (χ1) is 13.6. The number of aryl methyl sites for hydroxylation is 1. The molecule has 1 saturated carbocycles. The number of anilines is 1. The Morgan fingerprint density at radius 2 is 1.82 bits per heavy atom. The standard InChI is InChI=1S/C23H32N4O/c1-17-24-22(20-12-21(28)13-20)14-23(25-17)26(2)15-19-8-10-27(11-9-19)16-18-6-4-3-5-7-18/h3-7,14,19-21,28H,8-13,15-16H2,1-2H3. The molecule has 1 N–H and O–H groups in total. The Balaban J connectivity index is 1.30. The van der Waals surface area contributed by atoms with Crippen LogP contribution in [0.15, 0.2) is 36.4 Å². The van der Waals surface area contributed by atoms with E-state index in [2.05, 4.69) is 63.2 Å². The smallest absolute Gasteiger partial charge is 0.132 e. The van der Waals surface area contributed by atoms with Crippen LogP contribution in [0, 0.1) is 12.8 Å². The fourth-order valence-corrected chi connectivity index (χ4v) is 4.46. The van der Waals surface area contributed by atoms with E-state index in [0.717, 1.165) is 43.3 Å². The summed E-state index contributed by atoms with van der Waals surface area (Å²) in [6.07, 6.45) is 3.99. The summed E-state index contributed by atoms with van der Waals surface area (Å²) in [5.41, 5.74) is 2.50. The first kappa shape index (κ1) is 19.3. The summed E-state index contributed by atoms with van der Waals surface area (Å²) in [6, 6.07) is 12.9. The number of hydrogen-bond acceptors (Lipinski definition) is 5. The van der Waals surface area contributed by atoms with E-state index in [-0.39, 0.29) is 6.10 Å². The summed E-state index contributed by atoms with van der Waals surface area (Å²) in [7, 11) is 2.15. The largest absolute Gasteiger partial charge is 0.393 e. The average Bonchev–Trinajstić information content (AvgIpc) is 2.67. The highest BCUT2D eigenvalue weighted by atomic mass is 16.3. The van der Waals surface area contributed by atoms with Crippen molar-refractivity contribution in [1.82, 2.24) is 14.9 Å². The maximum Gasteiger partial charge on any atom is 0.132 e. The molecule has 2 aromatic rings. The Morgan fingerprint density at radius 3 is 2.50 bits per heavy atom. The molecule has 28 heavy (non-hydrogen) atoms. The van der Waals surface area contributed by atoms with E-state index in [1.165, 1.54) is 31.5 Å². The van der Waals surface area contributed by atoms with Crippen molar-refractivity contribution in [2.45, 2.75) is 51.2 Å². The number of rotatable bonds is 6. The Hall–Kier alpha value is -1.98. The van der Waals surface area contributed by atoms with Gasteiger partial charge in [-0.15, -0.1) is 0 Å². The molecule has 150 valence electrons. The minimum absolute atomic E-state index is 0.150. The number of piperidine rings is 1. The van der Waals surface area contributed by atoms with Crippen LogP contribution in [0.2, 0.25) is 0 Å². The zero-order valence-corrected chi connectivity index (χ0v) is 17.1. The highest BCUT2D eigenvalue weighted by Gasteiger charge is 2.30. The summed E-state index contributed by atoms with van der Waals surface area (Å²) in [4.78, 5) is 14.2. The topological polar surface area (TPSA) is 52.5 Å². The monoisotopic (exact) mass is 380 g/mol. The Labute approximate surface area is 168 Å². The minimum atomic E-state index is -0.150. The van der Waals surface area contributed by atoms with E-state index in [0.29, 0.717) is 11.8 Å². The maximum atomic E-state index is 9.60. The predicted molar refractivity (Wildman–Crippen MR) is 112 cm³/mol. The SMILES string of the molecule is Cc1nc(C2CC(O)C2)cc(N(C)CC2CCN(Cc3ccccc3)CC2)n1. The third-order valence-electron chi connectivity index (χ3n) is 6.26. The molecule has 0 radical (unpaired) electrons. The molecular weight excluding hydrogens is 348 g/mol. The van der Waals surface area contributed by atoms with E-state index < -0.39 is 0 Å². The van der Waals surface area contributed by atoms with E-state index >= 15 is 0 Å². The number of likely N-dealkylation sites (tertiary alicyclic amines) is 1. The van der Waals surface area contributed by atoms with Gasteiger partial charge in [0.15, 0.2) is 0 Å². The highest BCUT2D eigenvalue weighted by molar-refractivity contribution is 5.40. The number of benzene rings is 1. The van der Waals surface area contributed by atoms with Crippen LogP contribution < -0.4 is 4.90 Å². The number of aliphatic hydroxyl groups excluding tert-OH is 1. The molecular formula is C23H32N4O. The van der Waals surface area contributed by atoms with Gasteiger partial charge in [-0.3, -0.25) is 4.90 Å². The van der Waals surface area contributed by atoms with Crippen molar-refractivity contribution in [2.24, 2.45) is 5.92 Å². The average molecular weight is 381 g/mol. The van der Waals surface area contributed by atoms with Crippen molar-refractivity contribution < 1.29 is 5.11 Å². The van der Waals surface area contributed by atoms with E-state index in [9.17, 15) is 5.11 Å². The van der Waals surface area contributed by atoms with Gasteiger partial charge in [-0.05, 0) is 57.2 Å². The lowest BCUT2D eigenvalue weighted by molar-refractivity contribution is 0.0731.